The van der Waals surface area contributed by atoms with Crippen molar-refractivity contribution >= 4 is 23.9 Å². The summed E-state index contributed by atoms with van der Waals surface area (Å²) < 4.78 is 10.2. The molecule has 1 rings (SSSR count). The number of ether oxygens (including phenoxy) is 2. The van der Waals surface area contributed by atoms with E-state index in [4.69, 9.17) is 9.47 Å². The SMILES string of the molecule is CCCN(C(=O)C(C)NC(=O)OC(C)(C)C)C(C(=O)NCCC(=O)OCC)c1ccc(C)c(C)c1. The molecule has 0 spiro atoms. The monoisotopic (exact) mass is 491 g/mol. The van der Waals surface area contributed by atoms with Gasteiger partial charge >= 0.3 is 12.1 Å². The quantitative estimate of drug-likeness (QED) is 0.458. The van der Waals surface area contributed by atoms with Crippen LogP contribution < -0.4 is 10.6 Å². The van der Waals surface area contributed by atoms with Gasteiger partial charge in [0.2, 0.25) is 11.8 Å². The van der Waals surface area contributed by atoms with Crippen molar-refractivity contribution in [1.29, 1.82) is 0 Å². The van der Waals surface area contributed by atoms with Crippen LogP contribution in [-0.4, -0.2) is 60.1 Å². The zero-order chi connectivity index (χ0) is 26.8. The summed E-state index contributed by atoms with van der Waals surface area (Å²) in [6.07, 6.45) is -0.0868. The van der Waals surface area contributed by atoms with Gasteiger partial charge < -0.3 is 25.0 Å². The van der Waals surface area contributed by atoms with E-state index in [-0.39, 0.29) is 19.6 Å². The van der Waals surface area contributed by atoms with Crippen molar-refractivity contribution in [3.63, 3.8) is 0 Å². The molecular formula is C26H41N3O6. The summed E-state index contributed by atoms with van der Waals surface area (Å²) in [7, 11) is 0. The van der Waals surface area contributed by atoms with Crippen LogP contribution in [0.1, 0.15) is 77.1 Å². The maximum absolute atomic E-state index is 13.5. The molecule has 35 heavy (non-hydrogen) atoms. The van der Waals surface area contributed by atoms with E-state index in [1.807, 2.05) is 39.0 Å². The van der Waals surface area contributed by atoms with E-state index in [9.17, 15) is 19.2 Å². The number of nitrogens with one attached hydrogen (secondary N) is 2. The van der Waals surface area contributed by atoms with Gasteiger partial charge in [-0.15, -0.1) is 0 Å². The Labute approximate surface area is 208 Å². The first-order chi connectivity index (χ1) is 16.3. The predicted octanol–water partition coefficient (Wildman–Crippen LogP) is 3.57. The molecule has 2 unspecified atom stereocenters. The van der Waals surface area contributed by atoms with E-state index in [1.165, 1.54) is 4.90 Å². The highest BCUT2D eigenvalue weighted by atomic mass is 16.6. The van der Waals surface area contributed by atoms with Crippen LogP contribution in [0.25, 0.3) is 0 Å². The number of esters is 1. The lowest BCUT2D eigenvalue weighted by Crippen LogP contribution is -2.52. The fourth-order valence-electron chi connectivity index (χ4n) is 3.43. The molecule has 0 aromatic heterocycles. The number of carbonyl (C=O) groups excluding carboxylic acids is 4. The van der Waals surface area contributed by atoms with E-state index < -0.39 is 41.6 Å². The molecule has 9 heteroatoms. The highest BCUT2D eigenvalue weighted by Gasteiger charge is 2.34. The predicted molar refractivity (Wildman–Crippen MR) is 134 cm³/mol. The molecule has 0 aliphatic carbocycles. The molecule has 0 saturated carbocycles. The molecule has 1 aromatic carbocycles. The van der Waals surface area contributed by atoms with Crippen molar-refractivity contribution in [2.24, 2.45) is 0 Å². The van der Waals surface area contributed by atoms with Crippen LogP contribution in [0.5, 0.6) is 0 Å². The number of benzene rings is 1. The normalized spacial score (nSPS) is 12.8. The second-order valence-corrected chi connectivity index (χ2v) is 9.49. The minimum atomic E-state index is -0.938. The van der Waals surface area contributed by atoms with E-state index in [1.54, 1.807) is 34.6 Å². The molecular weight excluding hydrogens is 450 g/mol. The summed E-state index contributed by atoms with van der Waals surface area (Å²) in [5, 5.41) is 5.33. The van der Waals surface area contributed by atoms with Gasteiger partial charge in [0.05, 0.1) is 13.0 Å². The smallest absolute Gasteiger partial charge is 0.408 e. The number of nitrogens with zero attached hydrogens (tertiary/aromatic N) is 1. The Hall–Kier alpha value is -3.10. The number of hydrogen-bond donors (Lipinski definition) is 2. The van der Waals surface area contributed by atoms with E-state index in [2.05, 4.69) is 10.6 Å². The number of carbonyl (C=O) groups is 4. The summed E-state index contributed by atoms with van der Waals surface area (Å²) >= 11 is 0. The van der Waals surface area contributed by atoms with Crippen LogP contribution in [0.4, 0.5) is 4.79 Å². The van der Waals surface area contributed by atoms with Crippen LogP contribution in [0.15, 0.2) is 18.2 Å². The zero-order valence-corrected chi connectivity index (χ0v) is 22.3. The van der Waals surface area contributed by atoms with Gasteiger partial charge in [0, 0.05) is 13.1 Å². The number of rotatable bonds is 11. The maximum Gasteiger partial charge on any atom is 0.408 e. The summed E-state index contributed by atoms with van der Waals surface area (Å²) in [6, 6.07) is 3.75. The molecule has 0 aliphatic rings. The van der Waals surface area contributed by atoms with Crippen molar-refractivity contribution in [3.05, 3.63) is 34.9 Å². The van der Waals surface area contributed by atoms with Gasteiger partial charge in [-0.2, -0.15) is 0 Å². The summed E-state index contributed by atoms with van der Waals surface area (Å²) in [4.78, 5) is 52.2. The Morgan fingerprint density at radius 2 is 1.71 bits per heavy atom. The second kappa shape index (κ2) is 13.7. The Balaban J connectivity index is 3.22. The molecule has 0 bridgehead atoms. The lowest BCUT2D eigenvalue weighted by molar-refractivity contribution is -0.144. The van der Waals surface area contributed by atoms with Crippen LogP contribution in [0.3, 0.4) is 0 Å². The van der Waals surface area contributed by atoms with Crippen LogP contribution in [-0.2, 0) is 23.9 Å². The van der Waals surface area contributed by atoms with Crippen LogP contribution in [0, 0.1) is 13.8 Å². The molecule has 0 fully saturated rings. The van der Waals surface area contributed by atoms with Crippen LogP contribution in [0.2, 0.25) is 0 Å². The van der Waals surface area contributed by atoms with Gasteiger partial charge in [-0.3, -0.25) is 14.4 Å². The Bertz CT molecular complexity index is 894. The molecule has 196 valence electrons. The lowest BCUT2D eigenvalue weighted by atomic mass is 9.98. The van der Waals surface area contributed by atoms with Crippen molar-refractivity contribution in [2.45, 2.75) is 85.9 Å². The fourth-order valence-corrected chi connectivity index (χ4v) is 3.43. The Kier molecular flexibility index (Phi) is 11.7. The average molecular weight is 492 g/mol. The largest absolute Gasteiger partial charge is 0.466 e. The highest BCUT2D eigenvalue weighted by molar-refractivity contribution is 5.92. The minimum absolute atomic E-state index is 0.0253. The van der Waals surface area contributed by atoms with E-state index >= 15 is 0 Å². The first-order valence-electron chi connectivity index (χ1n) is 12.1. The minimum Gasteiger partial charge on any atom is -0.466 e. The standard InChI is InChI=1S/C26H41N3O6/c1-9-15-29(24(32)19(5)28-25(33)35-26(6,7)8)22(20-12-11-17(3)18(4)16-20)23(31)27-14-13-21(30)34-10-2/h11-12,16,19,22H,9-10,13-15H2,1-8H3,(H,27,31)(H,28,33). The number of alkyl carbamates (subject to hydrolysis) is 1. The summed E-state index contributed by atoms with van der Waals surface area (Å²) in [5.41, 5.74) is 1.98. The van der Waals surface area contributed by atoms with Crippen molar-refractivity contribution in [1.82, 2.24) is 15.5 Å². The fraction of sp³-hybridized carbons (Fsp3) is 0.615. The molecule has 0 heterocycles. The van der Waals surface area contributed by atoms with Gasteiger partial charge in [0.25, 0.3) is 0 Å². The van der Waals surface area contributed by atoms with Crippen molar-refractivity contribution in [3.8, 4) is 0 Å². The lowest BCUT2D eigenvalue weighted by Gasteiger charge is -2.33. The molecule has 3 amide bonds. The number of aryl methyl sites for hydroxylation is 2. The third-order valence-corrected chi connectivity index (χ3v) is 5.19. The first kappa shape index (κ1) is 29.9. The average Bonchev–Trinajstić information content (AvgIpc) is 2.74. The molecule has 9 nitrogen and oxygen atoms in total. The maximum atomic E-state index is 13.5. The van der Waals surface area contributed by atoms with E-state index in [0.29, 0.717) is 18.5 Å². The topological polar surface area (TPSA) is 114 Å². The Morgan fingerprint density at radius 3 is 2.26 bits per heavy atom. The summed E-state index contributed by atoms with van der Waals surface area (Å²) in [5.74, 6) is -1.24. The van der Waals surface area contributed by atoms with Crippen molar-refractivity contribution < 1.29 is 28.7 Å². The van der Waals surface area contributed by atoms with E-state index in [0.717, 1.165) is 11.1 Å². The highest BCUT2D eigenvalue weighted by Crippen LogP contribution is 2.25. The third kappa shape index (κ3) is 9.96. The number of amides is 3. The van der Waals surface area contributed by atoms with Gasteiger partial charge in [-0.1, -0.05) is 25.1 Å². The second-order valence-electron chi connectivity index (χ2n) is 9.49. The van der Waals surface area contributed by atoms with Gasteiger partial charge in [-0.25, -0.2) is 4.79 Å². The van der Waals surface area contributed by atoms with Gasteiger partial charge in [0.1, 0.15) is 17.7 Å². The zero-order valence-electron chi connectivity index (χ0n) is 22.3. The molecule has 0 aliphatic heterocycles. The molecule has 1 aromatic rings. The van der Waals surface area contributed by atoms with Gasteiger partial charge in [0.15, 0.2) is 0 Å². The van der Waals surface area contributed by atoms with Gasteiger partial charge in [-0.05, 0) is 71.6 Å². The Morgan fingerprint density at radius 1 is 1.06 bits per heavy atom. The van der Waals surface area contributed by atoms with Crippen LogP contribution >= 0.6 is 0 Å². The summed E-state index contributed by atoms with van der Waals surface area (Å²) in [6.45, 7) is 14.9. The number of hydrogen-bond acceptors (Lipinski definition) is 6. The molecule has 2 N–H and O–H groups in total. The third-order valence-electron chi connectivity index (χ3n) is 5.19. The van der Waals surface area contributed by atoms with Crippen molar-refractivity contribution in [2.75, 3.05) is 19.7 Å². The molecule has 0 radical (unpaired) electrons. The molecule has 0 saturated heterocycles. The first-order valence-corrected chi connectivity index (χ1v) is 12.1. The molecule has 2 atom stereocenters.